The number of alkyl carbamates (subject to hydrolysis) is 1. The molecule has 57 heavy (non-hydrogen) atoms. The first-order chi connectivity index (χ1) is 26.9. The van der Waals surface area contributed by atoms with E-state index in [0.29, 0.717) is 23.1 Å². The van der Waals surface area contributed by atoms with E-state index >= 15 is 0 Å². The summed E-state index contributed by atoms with van der Waals surface area (Å²) in [5.74, 6) is -4.22. The number of benzene rings is 3. The van der Waals surface area contributed by atoms with Crippen LogP contribution in [-0.2, 0) is 47.9 Å². The van der Waals surface area contributed by atoms with Crippen LogP contribution in [0.5, 0.6) is 23.0 Å². The van der Waals surface area contributed by atoms with Gasteiger partial charge in [-0.25, -0.2) is 9.59 Å². The standard InChI is InChI=1S/C40H47N5O12/c1-8-20(2)33-37(49)41-26-17-23-14-25(24-13-21(9-11-30(24)54-6)15-27(36(48)44-33)43-39(51)57-40(3,4)5)34(46)32(19-23)56-31-12-10-22(18-29(31)45(52)53)16-28(38(50)55-7)42-35(26)47/h9-14,18-20,26-28,33,46H,8,15-17H2,1-7H3,(H,41,49)(H,42,47)(H,43,51)(H,44,48)/t20-,26-,27-,28-,33-/m0/s1. The number of phenols is 1. The molecule has 5 atom stereocenters. The molecule has 3 aliphatic rings. The monoisotopic (exact) mass is 789 g/mol. The third-order valence-electron chi connectivity index (χ3n) is 9.68. The molecule has 0 radical (unpaired) electrons. The Morgan fingerprint density at radius 3 is 2.25 bits per heavy atom. The lowest BCUT2D eigenvalue weighted by Crippen LogP contribution is -2.60. The maximum Gasteiger partial charge on any atom is 0.408 e. The molecule has 8 bridgehead atoms. The smallest absolute Gasteiger partial charge is 0.408 e. The molecular formula is C40H47N5O12. The topological polar surface area (TPSA) is 234 Å². The summed E-state index contributed by atoms with van der Waals surface area (Å²) in [6.07, 6.45) is -1.05. The van der Waals surface area contributed by atoms with Crippen molar-refractivity contribution in [2.24, 2.45) is 5.92 Å². The molecule has 0 unspecified atom stereocenters. The molecule has 0 saturated heterocycles. The lowest BCUT2D eigenvalue weighted by atomic mass is 9.94. The van der Waals surface area contributed by atoms with Gasteiger partial charge in [-0.15, -0.1) is 0 Å². The van der Waals surface area contributed by atoms with Crippen LogP contribution in [-0.4, -0.2) is 83.8 Å². The van der Waals surface area contributed by atoms with Gasteiger partial charge in [0.1, 0.15) is 35.5 Å². The van der Waals surface area contributed by atoms with E-state index < -0.39 is 81.8 Å². The Labute approximate surface area is 328 Å². The van der Waals surface area contributed by atoms with Gasteiger partial charge in [-0.3, -0.25) is 24.5 Å². The minimum Gasteiger partial charge on any atom is -0.504 e. The second-order valence-corrected chi connectivity index (χ2v) is 15.0. The fourth-order valence-corrected chi connectivity index (χ4v) is 6.60. The average Bonchev–Trinajstić information content (AvgIpc) is 3.15. The molecular weight excluding hydrogens is 742 g/mol. The number of fused-ring (bicyclic) bond motifs is 9. The molecule has 17 nitrogen and oxygen atoms in total. The van der Waals surface area contributed by atoms with Crippen molar-refractivity contribution in [1.29, 1.82) is 0 Å². The number of hydrogen-bond donors (Lipinski definition) is 5. The SMILES string of the molecule is CC[C@H](C)[C@@H]1NC(=O)[C@@H](NC(=O)OC(C)(C)C)Cc2ccc(OC)c(c2)-c2cc3cc(c2O)Oc2ccc(cc2[N+](=O)[O-])C[C@@H](C(=O)OC)NC(=O)[C@H](C3)NC1=O. The van der Waals surface area contributed by atoms with Gasteiger partial charge in [0.25, 0.3) is 0 Å². The minimum absolute atomic E-state index is 0.110. The van der Waals surface area contributed by atoms with Crippen LogP contribution >= 0.6 is 0 Å². The van der Waals surface area contributed by atoms with Crippen LogP contribution in [0.4, 0.5) is 10.5 Å². The molecule has 5 N–H and O–H groups in total. The van der Waals surface area contributed by atoms with Crippen LogP contribution in [0.15, 0.2) is 48.5 Å². The summed E-state index contributed by atoms with van der Waals surface area (Å²) in [4.78, 5) is 80.3. The van der Waals surface area contributed by atoms with Crippen molar-refractivity contribution in [3.05, 3.63) is 75.3 Å². The molecule has 3 heterocycles. The van der Waals surface area contributed by atoms with Gasteiger partial charge in [-0.1, -0.05) is 32.4 Å². The van der Waals surface area contributed by atoms with Crippen molar-refractivity contribution >= 4 is 35.5 Å². The van der Waals surface area contributed by atoms with Crippen LogP contribution in [0.2, 0.25) is 0 Å². The highest BCUT2D eigenvalue weighted by Gasteiger charge is 2.36. The number of phenolic OH excluding ortho intramolecular Hbond substituents is 1. The quantitative estimate of drug-likeness (QED) is 0.136. The third-order valence-corrected chi connectivity index (χ3v) is 9.68. The Kier molecular flexibility index (Phi) is 12.6. The van der Waals surface area contributed by atoms with Crippen molar-refractivity contribution in [2.75, 3.05) is 14.2 Å². The predicted octanol–water partition coefficient (Wildman–Crippen LogP) is 3.99. The summed E-state index contributed by atoms with van der Waals surface area (Å²) in [5.41, 5.74) is 0.109. The molecule has 0 fully saturated rings. The molecule has 4 amide bonds. The maximum absolute atomic E-state index is 14.2. The van der Waals surface area contributed by atoms with Gasteiger partial charge in [-0.05, 0) is 73.7 Å². The number of carbonyl (C=O) groups is 5. The second kappa shape index (κ2) is 17.2. The molecule has 0 spiro atoms. The van der Waals surface area contributed by atoms with Crippen molar-refractivity contribution in [1.82, 2.24) is 21.3 Å². The van der Waals surface area contributed by atoms with Gasteiger partial charge in [0.05, 0.1) is 19.1 Å². The summed E-state index contributed by atoms with van der Waals surface area (Å²) in [6, 6.07) is 6.58. The number of hydrogen-bond acceptors (Lipinski definition) is 12. The number of aromatic hydroxyl groups is 1. The lowest BCUT2D eigenvalue weighted by Gasteiger charge is -2.29. The summed E-state index contributed by atoms with van der Waals surface area (Å²) in [5, 5.41) is 34.9. The fourth-order valence-electron chi connectivity index (χ4n) is 6.60. The van der Waals surface area contributed by atoms with E-state index in [1.807, 2.05) is 6.92 Å². The zero-order valence-electron chi connectivity index (χ0n) is 32.7. The van der Waals surface area contributed by atoms with E-state index in [0.717, 1.165) is 7.11 Å². The molecule has 0 saturated carbocycles. The molecule has 0 aromatic heterocycles. The van der Waals surface area contributed by atoms with Crippen LogP contribution < -0.4 is 30.7 Å². The molecule has 3 aromatic carbocycles. The first-order valence-electron chi connectivity index (χ1n) is 18.4. The summed E-state index contributed by atoms with van der Waals surface area (Å²) in [7, 11) is 2.53. The third kappa shape index (κ3) is 9.89. The molecule has 3 aliphatic heterocycles. The van der Waals surface area contributed by atoms with Gasteiger partial charge in [-0.2, -0.15) is 0 Å². The highest BCUT2D eigenvalue weighted by atomic mass is 16.6. The highest BCUT2D eigenvalue weighted by molar-refractivity contribution is 5.95. The largest absolute Gasteiger partial charge is 0.504 e. The van der Waals surface area contributed by atoms with Crippen molar-refractivity contribution in [3.8, 4) is 34.1 Å². The molecule has 304 valence electrons. The van der Waals surface area contributed by atoms with Crippen molar-refractivity contribution in [3.63, 3.8) is 0 Å². The normalized spacial score (nSPS) is 20.3. The average molecular weight is 790 g/mol. The Bertz CT molecular complexity index is 2080. The number of amides is 4. The number of rotatable bonds is 6. The zero-order chi connectivity index (χ0) is 41.8. The Morgan fingerprint density at radius 2 is 1.60 bits per heavy atom. The van der Waals surface area contributed by atoms with Gasteiger partial charge in [0.2, 0.25) is 23.5 Å². The molecule has 0 aliphatic carbocycles. The highest BCUT2D eigenvalue weighted by Crippen LogP contribution is 2.45. The minimum atomic E-state index is -1.40. The van der Waals surface area contributed by atoms with Gasteiger partial charge in [0.15, 0.2) is 11.5 Å². The number of carbonyl (C=O) groups excluding carboxylic acids is 5. The first kappa shape index (κ1) is 41.8. The van der Waals surface area contributed by atoms with Crippen LogP contribution in [0, 0.1) is 16.0 Å². The Morgan fingerprint density at radius 1 is 0.912 bits per heavy atom. The summed E-state index contributed by atoms with van der Waals surface area (Å²) < 4.78 is 22.2. The van der Waals surface area contributed by atoms with Gasteiger partial charge < -0.3 is 45.3 Å². The van der Waals surface area contributed by atoms with Gasteiger partial charge >= 0.3 is 17.7 Å². The van der Waals surface area contributed by atoms with Crippen LogP contribution in [0.25, 0.3) is 11.1 Å². The fraction of sp³-hybridized carbons (Fsp3) is 0.425. The van der Waals surface area contributed by atoms with E-state index in [1.165, 1.54) is 31.4 Å². The van der Waals surface area contributed by atoms with Crippen LogP contribution in [0.1, 0.15) is 57.7 Å². The number of esters is 1. The number of nitrogens with one attached hydrogen (secondary N) is 4. The number of nitrogens with zero attached hydrogens (tertiary/aromatic N) is 1. The van der Waals surface area contributed by atoms with Gasteiger partial charge in [0, 0.05) is 36.5 Å². The number of methoxy groups -OCH3 is 2. The lowest BCUT2D eigenvalue weighted by molar-refractivity contribution is -0.385. The summed E-state index contributed by atoms with van der Waals surface area (Å²) >= 11 is 0. The first-order valence-corrected chi connectivity index (χ1v) is 18.4. The van der Waals surface area contributed by atoms with E-state index in [4.69, 9.17) is 18.9 Å². The molecule has 3 aromatic rings. The Hall–Kier alpha value is -6.39. The second-order valence-electron chi connectivity index (χ2n) is 15.0. The van der Waals surface area contributed by atoms with E-state index in [9.17, 15) is 39.2 Å². The summed E-state index contributed by atoms with van der Waals surface area (Å²) in [6.45, 7) is 8.56. The predicted molar refractivity (Wildman–Crippen MR) is 205 cm³/mol. The number of nitro groups is 1. The number of nitro benzene ring substituents is 1. The zero-order valence-corrected chi connectivity index (χ0v) is 32.7. The van der Waals surface area contributed by atoms with Crippen LogP contribution in [0.3, 0.4) is 0 Å². The van der Waals surface area contributed by atoms with E-state index in [-0.39, 0.29) is 47.6 Å². The van der Waals surface area contributed by atoms with Crippen molar-refractivity contribution < 1.29 is 52.9 Å². The maximum atomic E-state index is 14.2. The molecule has 17 heteroatoms. The van der Waals surface area contributed by atoms with E-state index in [2.05, 4.69) is 21.3 Å². The Balaban J connectivity index is 1.77. The number of ether oxygens (including phenoxy) is 4. The molecule has 6 rings (SSSR count). The van der Waals surface area contributed by atoms with E-state index in [1.54, 1.807) is 52.0 Å². The van der Waals surface area contributed by atoms with Crippen molar-refractivity contribution in [2.45, 2.75) is 90.1 Å².